The second kappa shape index (κ2) is 2.78. The second-order valence-electron chi connectivity index (χ2n) is 2.36. The summed E-state index contributed by atoms with van der Waals surface area (Å²) in [6.45, 7) is 2.34. The Hall–Kier alpha value is -0.620. The minimum atomic E-state index is -4.51. The van der Waals surface area contributed by atoms with E-state index in [1.165, 1.54) is 6.92 Å². The first kappa shape index (κ1) is 10.4. The fourth-order valence-electron chi connectivity index (χ4n) is 0.444. The first-order chi connectivity index (χ1) is 4.75. The molecule has 6 heteroatoms. The Bertz CT molecular complexity index is 254. The Balaban J connectivity index is 5.09. The van der Waals surface area contributed by atoms with Gasteiger partial charge < -0.3 is 5.11 Å². The van der Waals surface area contributed by atoms with Crippen LogP contribution in [0.5, 0.6) is 0 Å². The molecule has 0 radical (unpaired) electrons. The van der Waals surface area contributed by atoms with Crippen LogP contribution >= 0.6 is 0 Å². The van der Waals surface area contributed by atoms with Gasteiger partial charge in [0, 0.05) is 0 Å². The van der Waals surface area contributed by atoms with Gasteiger partial charge in [0.15, 0.2) is 4.75 Å². The minimum Gasteiger partial charge on any atom is -0.480 e. The van der Waals surface area contributed by atoms with Crippen LogP contribution in [-0.2, 0) is 14.9 Å². The van der Waals surface area contributed by atoms with E-state index >= 15 is 0 Å². The number of aliphatic carboxylic acids is 1. The molecule has 0 heterocycles. The average Bonchev–Trinajstić information content (AvgIpc) is 1.83. The summed E-state index contributed by atoms with van der Waals surface area (Å²) in [5.41, 5.74) is 0. The number of hydrogen-bond donors (Lipinski definition) is 2. The quantitative estimate of drug-likeness (QED) is 0.605. The fraction of sp³-hybridized carbons (Fsp3) is 0.800. The summed E-state index contributed by atoms with van der Waals surface area (Å²) in [5, 5.41) is 8.43. The van der Waals surface area contributed by atoms with Crippen LogP contribution in [0.1, 0.15) is 20.3 Å². The van der Waals surface area contributed by atoms with E-state index in [2.05, 4.69) is 0 Å². The van der Waals surface area contributed by atoms with Crippen LogP contribution in [0.4, 0.5) is 0 Å². The van der Waals surface area contributed by atoms with Gasteiger partial charge in [0.25, 0.3) is 10.1 Å². The number of rotatable bonds is 3. The van der Waals surface area contributed by atoms with Crippen molar-refractivity contribution >= 4 is 16.1 Å². The molecule has 0 rings (SSSR count). The molecule has 5 nitrogen and oxygen atoms in total. The molecular weight excluding hydrogens is 172 g/mol. The van der Waals surface area contributed by atoms with Gasteiger partial charge in [-0.3, -0.25) is 9.35 Å². The van der Waals surface area contributed by atoms with E-state index in [0.717, 1.165) is 6.92 Å². The molecular formula is C5H10O5S. The average molecular weight is 182 g/mol. The maximum absolute atomic E-state index is 10.5. The molecule has 1 atom stereocenters. The van der Waals surface area contributed by atoms with Crippen molar-refractivity contribution in [1.82, 2.24) is 0 Å². The summed E-state index contributed by atoms with van der Waals surface area (Å²) in [4.78, 5) is 10.4. The molecule has 0 aromatic rings. The van der Waals surface area contributed by atoms with Crippen molar-refractivity contribution in [2.75, 3.05) is 0 Å². The molecule has 0 amide bonds. The zero-order valence-electron chi connectivity index (χ0n) is 6.23. The lowest BCUT2D eigenvalue weighted by atomic mass is 10.1. The van der Waals surface area contributed by atoms with Gasteiger partial charge in [-0.15, -0.1) is 0 Å². The lowest BCUT2D eigenvalue weighted by Crippen LogP contribution is -2.42. The molecule has 0 aromatic heterocycles. The lowest BCUT2D eigenvalue weighted by Gasteiger charge is -2.18. The van der Waals surface area contributed by atoms with Gasteiger partial charge in [-0.25, -0.2) is 0 Å². The second-order valence-corrected chi connectivity index (χ2v) is 4.22. The van der Waals surface area contributed by atoms with E-state index in [9.17, 15) is 13.2 Å². The van der Waals surface area contributed by atoms with Crippen molar-refractivity contribution in [1.29, 1.82) is 0 Å². The Kier molecular flexibility index (Phi) is 2.63. The van der Waals surface area contributed by atoms with Gasteiger partial charge in [-0.05, 0) is 13.3 Å². The van der Waals surface area contributed by atoms with Gasteiger partial charge in [0.2, 0.25) is 0 Å². The summed E-state index contributed by atoms with van der Waals surface area (Å²) in [6.07, 6.45) is -0.166. The van der Waals surface area contributed by atoms with Crippen LogP contribution in [0.3, 0.4) is 0 Å². The van der Waals surface area contributed by atoms with E-state index in [-0.39, 0.29) is 6.42 Å². The van der Waals surface area contributed by atoms with Gasteiger partial charge >= 0.3 is 5.97 Å². The predicted molar refractivity (Wildman–Crippen MR) is 37.9 cm³/mol. The molecule has 0 spiro atoms. The van der Waals surface area contributed by atoms with Gasteiger partial charge in [0.1, 0.15) is 0 Å². The summed E-state index contributed by atoms with van der Waals surface area (Å²) in [7, 11) is -4.51. The summed E-state index contributed by atoms with van der Waals surface area (Å²) >= 11 is 0. The SMILES string of the molecule is CCC(C)(C(=O)O)S(=O)(=O)O. The van der Waals surface area contributed by atoms with Crippen molar-refractivity contribution in [2.45, 2.75) is 25.0 Å². The third kappa shape index (κ3) is 1.69. The van der Waals surface area contributed by atoms with E-state index in [1.54, 1.807) is 0 Å². The fourth-order valence-corrected chi connectivity index (χ4v) is 1.03. The summed E-state index contributed by atoms with van der Waals surface area (Å²) < 4.78 is 27.4. The highest BCUT2D eigenvalue weighted by atomic mass is 32.2. The third-order valence-corrected chi connectivity index (χ3v) is 3.30. The molecule has 0 aliphatic carbocycles. The zero-order valence-corrected chi connectivity index (χ0v) is 7.05. The molecule has 66 valence electrons. The highest BCUT2D eigenvalue weighted by Gasteiger charge is 2.44. The Morgan fingerprint density at radius 2 is 1.91 bits per heavy atom. The van der Waals surface area contributed by atoms with Crippen molar-refractivity contribution < 1.29 is 22.9 Å². The summed E-state index contributed by atoms with van der Waals surface area (Å²) in [5.74, 6) is -1.54. The predicted octanol–water partition coefficient (Wildman–Crippen LogP) is 0.128. The number of carbonyl (C=O) groups is 1. The van der Waals surface area contributed by atoms with Crippen molar-refractivity contribution in [3.05, 3.63) is 0 Å². The normalized spacial score (nSPS) is 17.4. The molecule has 1 unspecified atom stereocenters. The van der Waals surface area contributed by atoms with Crippen LogP contribution in [0.2, 0.25) is 0 Å². The number of carboxylic acids is 1. The Labute approximate surface area is 64.8 Å². The van der Waals surface area contributed by atoms with Gasteiger partial charge in [-0.2, -0.15) is 8.42 Å². The Morgan fingerprint density at radius 3 is 1.91 bits per heavy atom. The van der Waals surface area contributed by atoms with Crippen molar-refractivity contribution in [3.63, 3.8) is 0 Å². The molecule has 0 saturated carbocycles. The maximum atomic E-state index is 10.5. The topological polar surface area (TPSA) is 91.7 Å². The Morgan fingerprint density at radius 1 is 1.55 bits per heavy atom. The standard InChI is InChI=1S/C5H10O5S/c1-3-5(2,4(6)7)11(8,9)10/h3H2,1-2H3,(H,6,7)(H,8,9,10). The molecule has 0 aliphatic rings. The molecule has 0 saturated heterocycles. The number of hydrogen-bond acceptors (Lipinski definition) is 3. The van der Waals surface area contributed by atoms with E-state index in [0.29, 0.717) is 0 Å². The molecule has 2 N–H and O–H groups in total. The summed E-state index contributed by atoms with van der Waals surface area (Å²) in [6, 6.07) is 0. The maximum Gasteiger partial charge on any atom is 0.327 e. The molecule has 0 aliphatic heterocycles. The van der Waals surface area contributed by atoms with Crippen molar-refractivity contribution in [3.8, 4) is 0 Å². The highest BCUT2D eigenvalue weighted by molar-refractivity contribution is 7.88. The third-order valence-electron chi connectivity index (χ3n) is 1.70. The van der Waals surface area contributed by atoms with Crippen LogP contribution < -0.4 is 0 Å². The molecule has 0 bridgehead atoms. The highest BCUT2D eigenvalue weighted by Crippen LogP contribution is 2.19. The molecule has 11 heavy (non-hydrogen) atoms. The van der Waals surface area contributed by atoms with Crippen molar-refractivity contribution in [2.24, 2.45) is 0 Å². The smallest absolute Gasteiger partial charge is 0.327 e. The van der Waals surface area contributed by atoms with Crippen LogP contribution in [0.15, 0.2) is 0 Å². The minimum absolute atomic E-state index is 0.166. The van der Waals surface area contributed by atoms with Crippen LogP contribution in [0, 0.1) is 0 Å². The van der Waals surface area contributed by atoms with E-state index < -0.39 is 20.8 Å². The molecule has 0 fully saturated rings. The molecule has 0 aromatic carbocycles. The van der Waals surface area contributed by atoms with Crippen LogP contribution in [-0.4, -0.2) is 28.8 Å². The number of carboxylic acid groups (broad SMARTS) is 1. The first-order valence-electron chi connectivity index (χ1n) is 2.96. The van der Waals surface area contributed by atoms with Gasteiger partial charge in [0.05, 0.1) is 0 Å². The van der Waals surface area contributed by atoms with Gasteiger partial charge in [-0.1, -0.05) is 6.92 Å². The largest absolute Gasteiger partial charge is 0.480 e. The lowest BCUT2D eigenvalue weighted by molar-refractivity contribution is -0.139. The monoisotopic (exact) mass is 182 g/mol. The van der Waals surface area contributed by atoms with E-state index in [1.807, 2.05) is 0 Å². The van der Waals surface area contributed by atoms with E-state index in [4.69, 9.17) is 9.66 Å². The van der Waals surface area contributed by atoms with Crippen LogP contribution in [0.25, 0.3) is 0 Å². The zero-order chi connectivity index (χ0) is 9.28. The first-order valence-corrected chi connectivity index (χ1v) is 4.40.